The Bertz CT molecular complexity index is 1820. The fourth-order valence-electron chi connectivity index (χ4n) is 5.12. The molecule has 4 aromatic rings. The van der Waals surface area contributed by atoms with Gasteiger partial charge in [-0.1, -0.05) is 58.6 Å². The van der Waals surface area contributed by atoms with Crippen LogP contribution in [0.3, 0.4) is 0 Å². The third-order valence-electron chi connectivity index (χ3n) is 7.30. The Balaban J connectivity index is 1.58. The molecule has 0 unspecified atom stereocenters. The smallest absolute Gasteiger partial charge is 0.266 e. The van der Waals surface area contributed by atoms with Crippen molar-refractivity contribution in [3.8, 4) is 5.75 Å². The number of aliphatic hydroxyl groups excluding tert-OH is 1. The summed E-state index contributed by atoms with van der Waals surface area (Å²) >= 11 is 12.9. The second kappa shape index (κ2) is 15.3. The Morgan fingerprint density at radius 3 is 2.51 bits per heavy atom. The van der Waals surface area contributed by atoms with E-state index in [2.05, 4.69) is 20.9 Å². The van der Waals surface area contributed by atoms with Crippen molar-refractivity contribution in [2.24, 2.45) is 10.1 Å². The average Bonchev–Trinajstić information content (AvgIpc) is 3.42. The predicted molar refractivity (Wildman–Crippen MR) is 173 cm³/mol. The van der Waals surface area contributed by atoms with E-state index in [1.165, 1.54) is 6.07 Å². The van der Waals surface area contributed by atoms with Crippen molar-refractivity contribution in [2.45, 2.75) is 31.0 Å². The highest BCUT2D eigenvalue weighted by molar-refractivity contribution is 6.35. The number of nitrogens with one attached hydrogen (secondary N) is 2. The number of benzene rings is 4. The quantitative estimate of drug-likeness (QED) is 0.0447. The third kappa shape index (κ3) is 7.99. The molecular weight excluding hydrogens is 653 g/mol. The predicted octanol–water partition coefficient (Wildman–Crippen LogP) is 7.30. The number of aliphatic hydroxyl groups is 1. The minimum absolute atomic E-state index is 0.00168. The summed E-state index contributed by atoms with van der Waals surface area (Å²) in [6.45, 7) is 0.208. The van der Waals surface area contributed by atoms with Crippen LogP contribution in [0.25, 0.3) is 10.4 Å². The summed E-state index contributed by atoms with van der Waals surface area (Å²) in [4.78, 5) is 22.2. The highest BCUT2D eigenvalue weighted by atomic mass is 35.5. The van der Waals surface area contributed by atoms with E-state index in [-0.39, 0.29) is 41.7 Å². The van der Waals surface area contributed by atoms with Gasteiger partial charge in [-0.25, -0.2) is 19.2 Å². The number of amides is 1. The van der Waals surface area contributed by atoms with E-state index in [1.54, 1.807) is 60.7 Å². The lowest BCUT2D eigenvalue weighted by Crippen LogP contribution is -2.53. The van der Waals surface area contributed by atoms with Gasteiger partial charge in [0.25, 0.3) is 5.91 Å². The van der Waals surface area contributed by atoms with Gasteiger partial charge in [-0.3, -0.25) is 10.2 Å². The molecule has 1 heterocycles. The van der Waals surface area contributed by atoms with Crippen molar-refractivity contribution < 1.29 is 28.2 Å². The van der Waals surface area contributed by atoms with E-state index in [4.69, 9.17) is 42.8 Å². The van der Waals surface area contributed by atoms with Gasteiger partial charge in [-0.05, 0) is 65.2 Å². The Labute approximate surface area is 278 Å². The van der Waals surface area contributed by atoms with Crippen LogP contribution in [0.2, 0.25) is 10.0 Å². The molecule has 242 valence electrons. The first-order valence-electron chi connectivity index (χ1n) is 14.4. The second-order valence-corrected chi connectivity index (χ2v) is 11.4. The van der Waals surface area contributed by atoms with Crippen molar-refractivity contribution in [3.05, 3.63) is 139 Å². The molecule has 2 atom stereocenters. The zero-order chi connectivity index (χ0) is 33.4. The molecule has 1 amide bonds. The summed E-state index contributed by atoms with van der Waals surface area (Å²) in [5.41, 5.74) is 14.8. The Morgan fingerprint density at radius 1 is 1.06 bits per heavy atom. The van der Waals surface area contributed by atoms with Crippen LogP contribution in [0, 0.1) is 11.6 Å². The molecule has 0 radical (unpaired) electrons. The maximum absolute atomic E-state index is 14.4. The Morgan fingerprint density at radius 2 is 1.81 bits per heavy atom. The molecule has 3 N–H and O–H groups in total. The van der Waals surface area contributed by atoms with Gasteiger partial charge >= 0.3 is 0 Å². The molecular formula is C33H28Cl2F2N6O4. The lowest BCUT2D eigenvalue weighted by Gasteiger charge is -2.31. The minimum Gasteiger partial charge on any atom is -0.494 e. The molecule has 4 aromatic carbocycles. The van der Waals surface area contributed by atoms with E-state index < -0.39 is 29.2 Å². The topological polar surface area (TPSA) is 141 Å². The third-order valence-corrected chi connectivity index (χ3v) is 7.86. The van der Waals surface area contributed by atoms with Gasteiger partial charge in [-0.15, -0.1) is 0 Å². The maximum Gasteiger partial charge on any atom is 0.266 e. The molecule has 10 nitrogen and oxygen atoms in total. The van der Waals surface area contributed by atoms with Crippen molar-refractivity contribution in [3.63, 3.8) is 0 Å². The monoisotopic (exact) mass is 680 g/mol. The van der Waals surface area contributed by atoms with Crippen LogP contribution in [0.15, 0.2) is 95.0 Å². The van der Waals surface area contributed by atoms with Gasteiger partial charge in [0.1, 0.15) is 17.4 Å². The van der Waals surface area contributed by atoms with E-state index in [1.807, 2.05) is 0 Å². The standard InChI is InChI=1S/C33H28Cl2F2N6O4/c34-23-8-11-27(28(35)16-23)30-33(18-22-4-1-2-5-29(22)41-43-38,32(45)42-39-19-20-14-24(36)17-25(37)15-20)40-31(47-30)21-6-9-26(10-7-21)46-13-3-12-44/h1-2,4-11,14-17,30,39,44H,3,12-13,18-19H2,(H,42,45)/t30-,33-/m0/s1. The van der Waals surface area contributed by atoms with E-state index in [0.29, 0.717) is 40.5 Å². The van der Waals surface area contributed by atoms with E-state index >= 15 is 0 Å². The highest BCUT2D eigenvalue weighted by Gasteiger charge is 2.54. The zero-order valence-corrected chi connectivity index (χ0v) is 26.2. The summed E-state index contributed by atoms with van der Waals surface area (Å²) in [5, 5.41) is 13.4. The van der Waals surface area contributed by atoms with Gasteiger partial charge in [0.15, 0.2) is 11.6 Å². The number of hydrogen-bond donors (Lipinski definition) is 3. The van der Waals surface area contributed by atoms with Crippen molar-refractivity contribution >= 4 is 40.7 Å². The summed E-state index contributed by atoms with van der Waals surface area (Å²) in [5.74, 6) is -1.52. The van der Waals surface area contributed by atoms with Crippen LogP contribution in [0.5, 0.6) is 5.75 Å². The van der Waals surface area contributed by atoms with Crippen LogP contribution < -0.4 is 15.6 Å². The number of carbonyl (C=O) groups is 1. The molecule has 5 rings (SSSR count). The van der Waals surface area contributed by atoms with Gasteiger partial charge in [0.2, 0.25) is 5.90 Å². The molecule has 1 aliphatic rings. The van der Waals surface area contributed by atoms with Crippen LogP contribution in [-0.4, -0.2) is 35.7 Å². The molecule has 0 saturated heterocycles. The lowest BCUT2D eigenvalue weighted by atomic mass is 9.81. The van der Waals surface area contributed by atoms with Crippen LogP contribution in [-0.2, 0) is 22.5 Å². The molecule has 14 heteroatoms. The summed E-state index contributed by atoms with van der Waals surface area (Å²) in [6, 6.07) is 21.4. The molecule has 0 bridgehead atoms. The summed E-state index contributed by atoms with van der Waals surface area (Å²) < 4.78 is 39.7. The number of azide groups is 1. The number of aliphatic imine (C=N–C) groups is 1. The van der Waals surface area contributed by atoms with Crippen molar-refractivity contribution in [1.29, 1.82) is 0 Å². The van der Waals surface area contributed by atoms with Gasteiger partial charge in [0.05, 0.1) is 6.61 Å². The molecule has 0 aromatic heterocycles. The number of carbonyl (C=O) groups excluding carboxylic acids is 1. The number of nitrogens with zero attached hydrogens (tertiary/aromatic N) is 4. The van der Waals surface area contributed by atoms with Gasteiger partial charge in [0, 0.05) is 63.8 Å². The fraction of sp³-hybridized carbons (Fsp3) is 0.212. The van der Waals surface area contributed by atoms with Crippen molar-refractivity contribution in [2.75, 3.05) is 13.2 Å². The lowest BCUT2D eigenvalue weighted by molar-refractivity contribution is -0.130. The number of halogens is 4. The summed E-state index contributed by atoms with van der Waals surface area (Å²) in [6.07, 6.45) is -0.756. The normalized spacial score (nSPS) is 17.0. The molecule has 0 aliphatic carbocycles. The molecule has 1 aliphatic heterocycles. The first-order chi connectivity index (χ1) is 22.7. The fourth-order valence-corrected chi connectivity index (χ4v) is 5.63. The average molecular weight is 682 g/mol. The van der Waals surface area contributed by atoms with Crippen LogP contribution >= 0.6 is 23.2 Å². The molecule has 0 fully saturated rings. The number of hydrazine groups is 1. The Kier molecular flexibility index (Phi) is 10.9. The van der Waals surface area contributed by atoms with E-state index in [0.717, 1.165) is 18.2 Å². The van der Waals surface area contributed by atoms with Crippen LogP contribution in [0.4, 0.5) is 14.5 Å². The van der Waals surface area contributed by atoms with Crippen LogP contribution in [0.1, 0.15) is 34.8 Å². The first-order valence-corrected chi connectivity index (χ1v) is 15.1. The van der Waals surface area contributed by atoms with Crippen molar-refractivity contribution in [1.82, 2.24) is 10.9 Å². The first kappa shape index (κ1) is 33.6. The summed E-state index contributed by atoms with van der Waals surface area (Å²) in [7, 11) is 0. The SMILES string of the molecule is [N-]=[N+]=Nc1ccccc1C[C@]1(C(=O)NNCc2cc(F)cc(F)c2)N=C(c2ccc(OCCCO)cc2)O[C@H]1c1ccc(Cl)cc1Cl. The largest absolute Gasteiger partial charge is 0.494 e. The second-order valence-electron chi connectivity index (χ2n) is 10.5. The molecule has 47 heavy (non-hydrogen) atoms. The maximum atomic E-state index is 14.4. The zero-order valence-electron chi connectivity index (χ0n) is 24.7. The van der Waals surface area contributed by atoms with Gasteiger partial charge < -0.3 is 14.6 Å². The Hall–Kier alpha value is -4.71. The molecule has 0 spiro atoms. The highest BCUT2D eigenvalue weighted by Crippen LogP contribution is 2.46. The number of ether oxygens (including phenoxy) is 2. The number of hydrogen-bond acceptors (Lipinski definition) is 7. The minimum atomic E-state index is -1.76. The van der Waals surface area contributed by atoms with Gasteiger partial charge in [-0.2, -0.15) is 0 Å². The van der Waals surface area contributed by atoms with E-state index in [9.17, 15) is 19.1 Å². The molecule has 0 saturated carbocycles. The number of rotatable bonds is 13.